The molecule has 0 spiro atoms. The van der Waals surface area contributed by atoms with Crippen molar-refractivity contribution in [3.63, 3.8) is 0 Å². The Morgan fingerprint density at radius 2 is 2.08 bits per heavy atom. The number of benzene rings is 1. The number of nitrogens with one attached hydrogen (secondary N) is 1. The molecule has 1 atom stereocenters. The summed E-state index contributed by atoms with van der Waals surface area (Å²) >= 11 is 0. The number of nitrogens with zero attached hydrogens (tertiary/aromatic N) is 3. The fraction of sp³-hybridized carbons (Fsp3) is 0.353. The number of carbonyl (C=O) groups excluding carboxylic acids is 2. The van der Waals surface area contributed by atoms with Gasteiger partial charge in [0.1, 0.15) is 12.3 Å². The highest BCUT2D eigenvalue weighted by Gasteiger charge is 2.24. The Morgan fingerprint density at radius 3 is 2.79 bits per heavy atom. The molecule has 7 nitrogen and oxygen atoms in total. The van der Waals surface area contributed by atoms with Crippen molar-refractivity contribution in [2.24, 2.45) is 7.05 Å². The monoisotopic (exact) mass is 328 g/mol. The van der Waals surface area contributed by atoms with Crippen LogP contribution in [0, 0.1) is 0 Å². The molecule has 1 aromatic carbocycles. The molecule has 0 radical (unpaired) electrons. The zero-order valence-electron chi connectivity index (χ0n) is 13.7. The number of rotatable bonds is 4. The maximum Gasteiger partial charge on any atom is 0.269 e. The first kappa shape index (κ1) is 16.2. The number of ether oxygens (including phenoxy) is 1. The highest BCUT2D eigenvalue weighted by atomic mass is 16.5. The van der Waals surface area contributed by atoms with Gasteiger partial charge in [-0.05, 0) is 6.07 Å². The van der Waals surface area contributed by atoms with Gasteiger partial charge in [0.15, 0.2) is 0 Å². The number of likely N-dealkylation sites (N-methyl/N-ethyl adjacent to an activating group) is 1. The highest BCUT2D eigenvalue weighted by molar-refractivity contribution is 5.93. The van der Waals surface area contributed by atoms with Crippen LogP contribution in [0.25, 0.3) is 11.3 Å². The van der Waals surface area contributed by atoms with E-state index >= 15 is 0 Å². The van der Waals surface area contributed by atoms with E-state index in [1.54, 1.807) is 29.7 Å². The maximum absolute atomic E-state index is 12.4. The minimum Gasteiger partial charge on any atom is -0.365 e. The van der Waals surface area contributed by atoms with Gasteiger partial charge in [0, 0.05) is 32.7 Å². The summed E-state index contributed by atoms with van der Waals surface area (Å²) in [6, 6.07) is 11.5. The van der Waals surface area contributed by atoms with Crippen LogP contribution in [0.2, 0.25) is 0 Å². The van der Waals surface area contributed by atoms with Crippen molar-refractivity contribution in [3.8, 4) is 11.3 Å². The lowest BCUT2D eigenvalue weighted by atomic mass is 10.1. The molecule has 1 fully saturated rings. The van der Waals surface area contributed by atoms with E-state index in [1.165, 1.54) is 0 Å². The average Bonchev–Trinajstić information content (AvgIpc) is 2.98. The third kappa shape index (κ3) is 3.46. The van der Waals surface area contributed by atoms with Gasteiger partial charge >= 0.3 is 0 Å². The van der Waals surface area contributed by atoms with Crippen LogP contribution in [0.4, 0.5) is 0 Å². The van der Waals surface area contributed by atoms with E-state index in [9.17, 15) is 9.59 Å². The summed E-state index contributed by atoms with van der Waals surface area (Å²) in [6.07, 6.45) is -0.196. The number of hydrogen-bond donors (Lipinski definition) is 1. The Labute approximate surface area is 140 Å². The van der Waals surface area contributed by atoms with Crippen molar-refractivity contribution >= 4 is 11.8 Å². The molecular weight excluding hydrogens is 308 g/mol. The van der Waals surface area contributed by atoms with Crippen molar-refractivity contribution in [2.75, 3.05) is 26.7 Å². The summed E-state index contributed by atoms with van der Waals surface area (Å²) in [7, 11) is 3.47. The average molecular weight is 328 g/mol. The zero-order chi connectivity index (χ0) is 17.1. The number of morpholine rings is 1. The summed E-state index contributed by atoms with van der Waals surface area (Å²) in [4.78, 5) is 25.4. The van der Waals surface area contributed by atoms with E-state index in [2.05, 4.69) is 10.4 Å². The van der Waals surface area contributed by atoms with Crippen molar-refractivity contribution < 1.29 is 14.3 Å². The number of aryl methyl sites for hydroxylation is 1. The minimum atomic E-state index is -0.213. The molecule has 1 aromatic heterocycles. The first-order valence-corrected chi connectivity index (χ1v) is 7.78. The predicted molar refractivity (Wildman–Crippen MR) is 88.4 cm³/mol. The second-order valence-electron chi connectivity index (χ2n) is 5.82. The van der Waals surface area contributed by atoms with Gasteiger partial charge < -0.3 is 15.0 Å². The molecule has 1 aliphatic rings. The SMILES string of the molecule is CN1CC(CNC(=O)c2cc(-c3ccccc3)nn2C)OCC1=O. The first-order chi connectivity index (χ1) is 11.5. The van der Waals surface area contributed by atoms with Crippen LogP contribution in [0.1, 0.15) is 10.5 Å². The summed E-state index contributed by atoms with van der Waals surface area (Å²) in [5, 5.41) is 7.24. The van der Waals surface area contributed by atoms with Gasteiger partial charge in [0.2, 0.25) is 5.91 Å². The predicted octanol–water partition coefficient (Wildman–Crippen LogP) is 0.674. The zero-order valence-corrected chi connectivity index (χ0v) is 13.7. The standard InChI is InChI=1S/C17H20N4O3/c1-20-10-13(24-11-16(20)22)9-18-17(23)15-8-14(19-21(15)2)12-6-4-3-5-7-12/h3-8,13H,9-11H2,1-2H3,(H,18,23). The maximum atomic E-state index is 12.4. The van der Waals surface area contributed by atoms with Gasteiger partial charge in [-0.1, -0.05) is 30.3 Å². The van der Waals surface area contributed by atoms with Gasteiger partial charge in [0.05, 0.1) is 11.8 Å². The Kier molecular flexibility index (Phi) is 4.61. The van der Waals surface area contributed by atoms with Crippen LogP contribution >= 0.6 is 0 Å². The number of hydrogen-bond acceptors (Lipinski definition) is 4. The van der Waals surface area contributed by atoms with Crippen LogP contribution in [0.5, 0.6) is 0 Å². The van der Waals surface area contributed by atoms with E-state index in [4.69, 9.17) is 4.74 Å². The molecule has 1 unspecified atom stereocenters. The Balaban J connectivity index is 1.63. The Morgan fingerprint density at radius 1 is 1.33 bits per heavy atom. The second-order valence-corrected chi connectivity index (χ2v) is 5.82. The van der Waals surface area contributed by atoms with Crippen LogP contribution in [0.3, 0.4) is 0 Å². The van der Waals surface area contributed by atoms with E-state index in [1.807, 2.05) is 30.3 Å². The molecule has 3 rings (SSSR count). The molecule has 0 bridgehead atoms. The lowest BCUT2D eigenvalue weighted by molar-refractivity contribution is -0.146. The third-order valence-electron chi connectivity index (χ3n) is 4.02. The van der Waals surface area contributed by atoms with Gasteiger partial charge in [-0.2, -0.15) is 5.10 Å². The third-order valence-corrected chi connectivity index (χ3v) is 4.02. The molecule has 24 heavy (non-hydrogen) atoms. The summed E-state index contributed by atoms with van der Waals surface area (Å²) in [5.74, 6) is -0.257. The first-order valence-electron chi connectivity index (χ1n) is 7.78. The van der Waals surface area contributed by atoms with Gasteiger partial charge in [0.25, 0.3) is 5.91 Å². The lowest BCUT2D eigenvalue weighted by Crippen LogP contribution is -2.48. The summed E-state index contributed by atoms with van der Waals surface area (Å²) < 4.78 is 6.99. The summed E-state index contributed by atoms with van der Waals surface area (Å²) in [5.41, 5.74) is 2.19. The smallest absolute Gasteiger partial charge is 0.269 e. The van der Waals surface area contributed by atoms with Crippen LogP contribution in [0.15, 0.2) is 36.4 Å². The van der Waals surface area contributed by atoms with Crippen LogP contribution in [-0.2, 0) is 16.6 Å². The molecule has 1 N–H and O–H groups in total. The molecule has 2 aromatic rings. The molecule has 1 saturated heterocycles. The molecule has 2 amide bonds. The van der Waals surface area contributed by atoms with Crippen molar-refractivity contribution in [2.45, 2.75) is 6.10 Å². The number of carbonyl (C=O) groups is 2. The highest BCUT2D eigenvalue weighted by Crippen LogP contribution is 2.18. The quantitative estimate of drug-likeness (QED) is 0.895. The van der Waals surface area contributed by atoms with Gasteiger partial charge in [-0.15, -0.1) is 0 Å². The van der Waals surface area contributed by atoms with Gasteiger partial charge in [-0.3, -0.25) is 14.3 Å². The fourth-order valence-corrected chi connectivity index (χ4v) is 2.61. The molecule has 0 aliphatic carbocycles. The number of amides is 2. The molecule has 0 saturated carbocycles. The molecule has 1 aliphatic heterocycles. The molecule has 2 heterocycles. The van der Waals surface area contributed by atoms with Crippen molar-refractivity contribution in [3.05, 3.63) is 42.1 Å². The Bertz CT molecular complexity index is 742. The van der Waals surface area contributed by atoms with E-state index in [0.29, 0.717) is 18.8 Å². The molecular formula is C17H20N4O3. The molecule has 7 heteroatoms. The van der Waals surface area contributed by atoms with Crippen LogP contribution in [-0.4, -0.2) is 59.3 Å². The largest absolute Gasteiger partial charge is 0.365 e. The van der Waals surface area contributed by atoms with Crippen molar-refractivity contribution in [1.82, 2.24) is 20.0 Å². The number of aromatic nitrogens is 2. The Hall–Kier alpha value is -2.67. The van der Waals surface area contributed by atoms with Crippen LogP contribution < -0.4 is 5.32 Å². The second kappa shape index (κ2) is 6.84. The lowest BCUT2D eigenvalue weighted by Gasteiger charge is -2.29. The molecule has 126 valence electrons. The fourth-order valence-electron chi connectivity index (χ4n) is 2.61. The van der Waals surface area contributed by atoms with Crippen molar-refractivity contribution in [1.29, 1.82) is 0 Å². The normalized spacial score (nSPS) is 17.8. The van der Waals surface area contributed by atoms with E-state index in [-0.39, 0.29) is 24.5 Å². The van der Waals surface area contributed by atoms with E-state index in [0.717, 1.165) is 11.3 Å². The van der Waals surface area contributed by atoms with E-state index < -0.39 is 0 Å². The summed E-state index contributed by atoms with van der Waals surface area (Å²) in [6.45, 7) is 0.878. The minimum absolute atomic E-state index is 0.0447. The topological polar surface area (TPSA) is 76.5 Å². The van der Waals surface area contributed by atoms with Gasteiger partial charge in [-0.25, -0.2) is 0 Å².